The number of rotatable bonds is 4. The molecule has 9 heteroatoms. The van der Waals surface area contributed by atoms with Gasteiger partial charge in [-0.05, 0) is 65.6 Å². The largest absolute Gasteiger partial charge is 0.361 e. The van der Waals surface area contributed by atoms with Gasteiger partial charge in [0.05, 0.1) is 4.90 Å². The number of H-pyrrole nitrogens is 2. The fourth-order valence-corrected chi connectivity index (χ4v) is 6.16. The summed E-state index contributed by atoms with van der Waals surface area (Å²) in [7, 11) is -3.69. The lowest BCUT2D eigenvalue weighted by Crippen LogP contribution is -2.28. The van der Waals surface area contributed by atoms with Crippen molar-refractivity contribution < 1.29 is 13.2 Å². The van der Waals surface area contributed by atoms with Crippen LogP contribution in [-0.2, 0) is 15.4 Å². The van der Waals surface area contributed by atoms with Crippen LogP contribution in [0.4, 0.5) is 5.69 Å². The highest BCUT2D eigenvalue weighted by molar-refractivity contribution is 7.89. The first-order chi connectivity index (χ1) is 16.6. The van der Waals surface area contributed by atoms with Crippen molar-refractivity contribution in [2.75, 3.05) is 18.4 Å². The number of nitrogens with one attached hydrogen (secondary N) is 3. The molecule has 0 spiro atoms. The van der Waals surface area contributed by atoms with Gasteiger partial charge in [0.2, 0.25) is 15.5 Å². The highest BCUT2D eigenvalue weighted by atomic mass is 32.2. The first-order valence-corrected chi connectivity index (χ1v) is 13.1. The number of fused-ring (bicyclic) bond motifs is 2. The molecule has 2 aromatic carbocycles. The summed E-state index contributed by atoms with van der Waals surface area (Å²) < 4.78 is 27.4. The monoisotopic (exact) mass is 492 g/mol. The van der Waals surface area contributed by atoms with Gasteiger partial charge >= 0.3 is 0 Å². The molecule has 0 radical (unpaired) electrons. The molecule has 0 saturated carbocycles. The van der Waals surface area contributed by atoms with E-state index in [9.17, 15) is 18.0 Å². The van der Waals surface area contributed by atoms with Gasteiger partial charge in [-0.2, -0.15) is 4.31 Å². The van der Waals surface area contributed by atoms with Crippen molar-refractivity contribution >= 4 is 43.4 Å². The molecule has 0 atom stereocenters. The number of aromatic nitrogens is 2. The molecular formula is C26H28N4O4S. The minimum atomic E-state index is -3.69. The van der Waals surface area contributed by atoms with E-state index in [1.165, 1.54) is 22.6 Å². The fourth-order valence-electron chi connectivity index (χ4n) is 4.62. The van der Waals surface area contributed by atoms with E-state index in [4.69, 9.17) is 0 Å². The van der Waals surface area contributed by atoms with Gasteiger partial charge in [0.25, 0.3) is 5.91 Å². The second kappa shape index (κ2) is 8.35. The van der Waals surface area contributed by atoms with E-state index in [2.05, 4.69) is 36.1 Å². The van der Waals surface area contributed by atoms with Crippen molar-refractivity contribution in [2.45, 2.75) is 43.9 Å². The van der Waals surface area contributed by atoms with Crippen LogP contribution in [0.5, 0.6) is 0 Å². The van der Waals surface area contributed by atoms with Gasteiger partial charge in [0, 0.05) is 47.6 Å². The second-order valence-electron chi connectivity index (χ2n) is 10.0. The minimum absolute atomic E-state index is 0.0576. The summed E-state index contributed by atoms with van der Waals surface area (Å²) in [6.45, 7) is 7.12. The molecule has 35 heavy (non-hydrogen) atoms. The van der Waals surface area contributed by atoms with Gasteiger partial charge < -0.3 is 15.3 Å². The third-order valence-corrected chi connectivity index (χ3v) is 8.44. The van der Waals surface area contributed by atoms with Gasteiger partial charge in [0.15, 0.2) is 0 Å². The Balaban J connectivity index is 1.55. The van der Waals surface area contributed by atoms with Crippen molar-refractivity contribution in [1.82, 2.24) is 14.3 Å². The smallest absolute Gasteiger partial charge is 0.261 e. The summed E-state index contributed by atoms with van der Waals surface area (Å²) in [4.78, 5) is 32.8. The molecule has 1 fully saturated rings. The quantitative estimate of drug-likeness (QED) is 0.393. The van der Waals surface area contributed by atoms with E-state index in [1.807, 2.05) is 24.4 Å². The van der Waals surface area contributed by atoms with Crippen LogP contribution in [0, 0.1) is 0 Å². The van der Waals surface area contributed by atoms with Crippen LogP contribution in [-0.4, -0.2) is 41.7 Å². The van der Waals surface area contributed by atoms with E-state index < -0.39 is 21.4 Å². The summed E-state index contributed by atoms with van der Waals surface area (Å²) in [6.07, 6.45) is 4.86. The van der Waals surface area contributed by atoms with Crippen LogP contribution in [0.2, 0.25) is 0 Å². The minimum Gasteiger partial charge on any atom is -0.361 e. The Hall–Kier alpha value is -3.43. The summed E-state index contributed by atoms with van der Waals surface area (Å²) in [6, 6.07) is 10.3. The molecule has 1 amide bonds. The second-order valence-corrected chi connectivity index (χ2v) is 12.0. The number of aromatic amines is 2. The maximum absolute atomic E-state index is 13.3. The molecule has 1 aliphatic rings. The van der Waals surface area contributed by atoms with E-state index in [1.54, 1.807) is 6.07 Å². The molecule has 5 rings (SSSR count). The number of sulfonamides is 1. The van der Waals surface area contributed by atoms with Crippen LogP contribution in [0.25, 0.3) is 21.8 Å². The maximum atomic E-state index is 13.3. The number of carbonyl (C=O) groups excluding carboxylic acids is 1. The number of anilines is 1. The summed E-state index contributed by atoms with van der Waals surface area (Å²) in [5, 5.41) is 4.10. The zero-order valence-corrected chi connectivity index (χ0v) is 20.8. The first kappa shape index (κ1) is 23.3. The van der Waals surface area contributed by atoms with Crippen LogP contribution >= 0.6 is 0 Å². The molecule has 2 aromatic heterocycles. The zero-order chi connectivity index (χ0) is 25.0. The van der Waals surface area contributed by atoms with Crippen molar-refractivity contribution in [2.24, 2.45) is 0 Å². The lowest BCUT2D eigenvalue weighted by molar-refractivity contribution is 0.102. The van der Waals surface area contributed by atoms with E-state index in [0.717, 1.165) is 29.3 Å². The van der Waals surface area contributed by atoms with Crippen molar-refractivity contribution in [1.29, 1.82) is 0 Å². The Morgan fingerprint density at radius 2 is 1.74 bits per heavy atom. The van der Waals surface area contributed by atoms with E-state index in [0.29, 0.717) is 24.3 Å². The highest BCUT2D eigenvalue weighted by Gasteiger charge is 2.28. The topological polar surface area (TPSA) is 115 Å². The third kappa shape index (κ3) is 4.15. The zero-order valence-electron chi connectivity index (χ0n) is 19.9. The Morgan fingerprint density at radius 1 is 1.00 bits per heavy atom. The maximum Gasteiger partial charge on any atom is 0.261 e. The van der Waals surface area contributed by atoms with E-state index >= 15 is 0 Å². The van der Waals surface area contributed by atoms with Gasteiger partial charge in [0.1, 0.15) is 5.56 Å². The normalized spacial score (nSPS) is 15.2. The van der Waals surface area contributed by atoms with Gasteiger partial charge in [-0.1, -0.05) is 20.8 Å². The van der Waals surface area contributed by atoms with E-state index in [-0.39, 0.29) is 21.3 Å². The number of benzene rings is 2. The number of carbonyl (C=O) groups is 1. The number of amides is 1. The van der Waals surface area contributed by atoms with Gasteiger partial charge in [-0.25, -0.2) is 8.42 Å². The SMILES string of the molecule is CC(C)(C)c1cc2cc[nH]c2cc1NC(=O)c1c[nH]c2ccc(S(=O)(=O)N3CCCC3)cc2c1=O. The molecule has 3 N–H and O–H groups in total. The van der Waals surface area contributed by atoms with Crippen LogP contribution in [0.3, 0.4) is 0 Å². The molecule has 8 nitrogen and oxygen atoms in total. The summed E-state index contributed by atoms with van der Waals surface area (Å²) in [5.74, 6) is -0.558. The molecule has 1 saturated heterocycles. The van der Waals surface area contributed by atoms with Gasteiger partial charge in [-0.15, -0.1) is 0 Å². The average Bonchev–Trinajstić information content (AvgIpc) is 3.50. The Morgan fingerprint density at radius 3 is 2.46 bits per heavy atom. The number of pyridine rings is 1. The lowest BCUT2D eigenvalue weighted by Gasteiger charge is -2.23. The van der Waals surface area contributed by atoms with Gasteiger partial charge in [-0.3, -0.25) is 9.59 Å². The summed E-state index contributed by atoms with van der Waals surface area (Å²) in [5.41, 5.74) is 2.04. The Kier molecular flexibility index (Phi) is 5.56. The van der Waals surface area contributed by atoms with Crippen LogP contribution < -0.4 is 10.7 Å². The van der Waals surface area contributed by atoms with Crippen molar-refractivity contribution in [3.05, 3.63) is 70.1 Å². The molecule has 4 aromatic rings. The molecule has 3 heterocycles. The van der Waals surface area contributed by atoms with Crippen molar-refractivity contribution in [3.63, 3.8) is 0 Å². The first-order valence-electron chi connectivity index (χ1n) is 11.6. The molecular weight excluding hydrogens is 464 g/mol. The third-order valence-electron chi connectivity index (χ3n) is 6.55. The molecule has 1 aliphatic heterocycles. The van der Waals surface area contributed by atoms with Crippen LogP contribution in [0.1, 0.15) is 49.5 Å². The fraction of sp³-hybridized carbons (Fsp3) is 0.308. The summed E-state index contributed by atoms with van der Waals surface area (Å²) >= 11 is 0. The molecule has 0 unspecified atom stereocenters. The highest BCUT2D eigenvalue weighted by Crippen LogP contribution is 2.33. The average molecular weight is 493 g/mol. The van der Waals surface area contributed by atoms with Crippen LogP contribution in [0.15, 0.2) is 58.5 Å². The molecule has 0 bridgehead atoms. The lowest BCUT2D eigenvalue weighted by atomic mass is 9.85. The predicted octanol–water partition coefficient (Wildman–Crippen LogP) is 4.34. The molecule has 0 aliphatic carbocycles. The van der Waals surface area contributed by atoms with Crippen molar-refractivity contribution in [3.8, 4) is 0 Å². The number of hydrogen-bond acceptors (Lipinski definition) is 4. The molecule has 182 valence electrons. The Labute approximate surface area is 203 Å². The standard InChI is InChI=1S/C26H28N4O4S/c1-26(2,3)20-12-16-8-9-27-22(16)14-23(20)29-25(32)19-15-28-21-7-6-17(13-18(21)24(19)31)35(33,34)30-10-4-5-11-30/h6-9,12-15,27H,4-5,10-11H2,1-3H3,(H,28,31)(H,29,32). The predicted molar refractivity (Wildman–Crippen MR) is 138 cm³/mol. The number of nitrogens with zero attached hydrogens (tertiary/aromatic N) is 1. The Bertz CT molecular complexity index is 1620. The number of hydrogen-bond donors (Lipinski definition) is 3.